The lowest BCUT2D eigenvalue weighted by Gasteiger charge is -2.02. The summed E-state index contributed by atoms with van der Waals surface area (Å²) in [5.74, 6) is 2.61. The molecule has 0 fully saturated rings. The molecule has 0 N–H and O–H groups in total. The summed E-state index contributed by atoms with van der Waals surface area (Å²) in [5, 5.41) is 0. The zero-order chi connectivity index (χ0) is 10.7. The highest BCUT2D eigenvalue weighted by molar-refractivity contribution is 5.64. The first kappa shape index (κ1) is 9.55. The highest BCUT2D eigenvalue weighted by atomic mass is 14.0. The van der Waals surface area contributed by atoms with Crippen LogP contribution in [0, 0.1) is 19.3 Å². The minimum absolute atomic E-state index is 0.922. The van der Waals surface area contributed by atoms with Crippen molar-refractivity contribution in [2.24, 2.45) is 0 Å². The van der Waals surface area contributed by atoms with E-state index in [1.165, 1.54) is 16.7 Å². The van der Waals surface area contributed by atoms with E-state index in [1.807, 2.05) is 12.1 Å². The van der Waals surface area contributed by atoms with Crippen molar-refractivity contribution < 1.29 is 0 Å². The molecular formula is C15H12. The zero-order valence-corrected chi connectivity index (χ0v) is 8.70. The number of hydrogen-bond donors (Lipinski definition) is 0. The molecule has 2 aromatic carbocycles. The van der Waals surface area contributed by atoms with Gasteiger partial charge >= 0.3 is 0 Å². The van der Waals surface area contributed by atoms with Crippen molar-refractivity contribution in [1.82, 2.24) is 0 Å². The maximum Gasteiger partial charge on any atom is 0.0243 e. The number of rotatable bonds is 1. The molecule has 0 aliphatic carbocycles. The van der Waals surface area contributed by atoms with Gasteiger partial charge in [0.1, 0.15) is 0 Å². The molecule has 0 saturated heterocycles. The second-order valence-corrected chi connectivity index (χ2v) is 3.59. The number of benzene rings is 2. The molecule has 0 heteroatoms. The average Bonchev–Trinajstić information content (AvgIpc) is 2.30. The van der Waals surface area contributed by atoms with E-state index in [0.717, 1.165) is 5.56 Å². The van der Waals surface area contributed by atoms with Gasteiger partial charge in [-0.2, -0.15) is 0 Å². The van der Waals surface area contributed by atoms with E-state index in [4.69, 9.17) is 6.42 Å². The summed E-state index contributed by atoms with van der Waals surface area (Å²) in [5.41, 5.74) is 4.63. The van der Waals surface area contributed by atoms with Gasteiger partial charge in [-0.05, 0) is 30.2 Å². The lowest BCUT2D eigenvalue weighted by atomic mass is 10.0. The third-order valence-electron chi connectivity index (χ3n) is 2.44. The first-order valence-corrected chi connectivity index (χ1v) is 4.93. The minimum Gasteiger partial charge on any atom is -0.115 e. The summed E-state index contributed by atoms with van der Waals surface area (Å²) in [6.07, 6.45) is 5.31. The molecule has 72 valence electrons. The Morgan fingerprint density at radius 2 is 1.27 bits per heavy atom. The van der Waals surface area contributed by atoms with Crippen LogP contribution >= 0.6 is 0 Å². The lowest BCUT2D eigenvalue weighted by Crippen LogP contribution is -1.79. The van der Waals surface area contributed by atoms with Crippen LogP contribution in [-0.2, 0) is 0 Å². The van der Waals surface area contributed by atoms with Crippen LogP contribution in [-0.4, -0.2) is 0 Å². The van der Waals surface area contributed by atoms with Crippen LogP contribution in [0.3, 0.4) is 0 Å². The normalized spacial score (nSPS) is 9.60. The van der Waals surface area contributed by atoms with Gasteiger partial charge in [-0.1, -0.05) is 47.9 Å². The standard InChI is InChI=1S/C15H12/c1-3-13-6-10-15(11-7-13)14-8-4-12(2)5-9-14/h1,4-11H,2H3. The maximum atomic E-state index is 5.31. The summed E-state index contributed by atoms with van der Waals surface area (Å²) >= 11 is 0. The van der Waals surface area contributed by atoms with Crippen LogP contribution < -0.4 is 0 Å². The largest absolute Gasteiger partial charge is 0.115 e. The van der Waals surface area contributed by atoms with E-state index in [1.54, 1.807) is 0 Å². The van der Waals surface area contributed by atoms with Crippen molar-refractivity contribution in [1.29, 1.82) is 0 Å². The van der Waals surface area contributed by atoms with E-state index >= 15 is 0 Å². The zero-order valence-electron chi connectivity index (χ0n) is 8.70. The Labute approximate surface area is 90.6 Å². The van der Waals surface area contributed by atoms with Crippen molar-refractivity contribution in [2.45, 2.75) is 6.92 Å². The molecule has 0 bridgehead atoms. The summed E-state index contributed by atoms with van der Waals surface area (Å²) in [7, 11) is 0. The molecule has 0 aliphatic heterocycles. The van der Waals surface area contributed by atoms with Gasteiger partial charge in [0.05, 0.1) is 0 Å². The van der Waals surface area contributed by atoms with Gasteiger partial charge in [0.15, 0.2) is 0 Å². The fourth-order valence-electron chi connectivity index (χ4n) is 1.50. The minimum atomic E-state index is 0.922. The predicted molar refractivity (Wildman–Crippen MR) is 64.6 cm³/mol. The summed E-state index contributed by atoms with van der Waals surface area (Å²) < 4.78 is 0. The van der Waals surface area contributed by atoms with Gasteiger partial charge in [-0.3, -0.25) is 0 Å². The molecule has 0 radical (unpaired) electrons. The smallest absolute Gasteiger partial charge is 0.0243 e. The van der Waals surface area contributed by atoms with Crippen LogP contribution in [0.2, 0.25) is 0 Å². The molecule has 0 unspecified atom stereocenters. The number of aryl methyl sites for hydroxylation is 1. The quantitative estimate of drug-likeness (QED) is 0.605. The first-order valence-electron chi connectivity index (χ1n) is 4.93. The lowest BCUT2D eigenvalue weighted by molar-refractivity contribution is 1.47. The molecule has 0 aromatic heterocycles. The molecule has 0 amide bonds. The van der Waals surface area contributed by atoms with Crippen molar-refractivity contribution >= 4 is 0 Å². The second-order valence-electron chi connectivity index (χ2n) is 3.59. The van der Waals surface area contributed by atoms with E-state index in [0.29, 0.717) is 0 Å². The maximum absolute atomic E-state index is 5.31. The van der Waals surface area contributed by atoms with Gasteiger partial charge < -0.3 is 0 Å². The highest BCUT2D eigenvalue weighted by Gasteiger charge is 1.96. The summed E-state index contributed by atoms with van der Waals surface area (Å²) in [4.78, 5) is 0. The van der Waals surface area contributed by atoms with Crippen molar-refractivity contribution in [3.63, 3.8) is 0 Å². The number of hydrogen-bond acceptors (Lipinski definition) is 0. The fourth-order valence-corrected chi connectivity index (χ4v) is 1.50. The molecule has 2 rings (SSSR count). The molecule has 0 atom stereocenters. The van der Waals surface area contributed by atoms with E-state index < -0.39 is 0 Å². The van der Waals surface area contributed by atoms with Crippen LogP contribution in [0.1, 0.15) is 11.1 Å². The van der Waals surface area contributed by atoms with Crippen LogP contribution in [0.5, 0.6) is 0 Å². The van der Waals surface area contributed by atoms with E-state index in [2.05, 4.69) is 49.2 Å². The number of terminal acetylenes is 1. The molecule has 0 spiro atoms. The van der Waals surface area contributed by atoms with Crippen molar-refractivity contribution in [3.8, 4) is 23.5 Å². The second kappa shape index (κ2) is 4.02. The first-order chi connectivity index (χ1) is 7.29. The fraction of sp³-hybridized carbons (Fsp3) is 0.0667. The summed E-state index contributed by atoms with van der Waals surface area (Å²) in [6, 6.07) is 16.5. The van der Waals surface area contributed by atoms with Crippen molar-refractivity contribution in [2.75, 3.05) is 0 Å². The Bertz CT molecular complexity index is 481. The molecule has 15 heavy (non-hydrogen) atoms. The third-order valence-corrected chi connectivity index (χ3v) is 2.44. The molecule has 2 aromatic rings. The average molecular weight is 192 g/mol. The summed E-state index contributed by atoms with van der Waals surface area (Å²) in [6.45, 7) is 2.09. The Morgan fingerprint density at radius 1 is 0.800 bits per heavy atom. The van der Waals surface area contributed by atoms with Crippen molar-refractivity contribution in [3.05, 3.63) is 59.7 Å². The Hall–Kier alpha value is -2.00. The highest BCUT2D eigenvalue weighted by Crippen LogP contribution is 2.19. The van der Waals surface area contributed by atoms with Crippen LogP contribution in [0.4, 0.5) is 0 Å². The molecule has 0 saturated carbocycles. The van der Waals surface area contributed by atoms with Gasteiger partial charge in [-0.15, -0.1) is 6.42 Å². The molecular weight excluding hydrogens is 180 g/mol. The van der Waals surface area contributed by atoms with Crippen LogP contribution in [0.25, 0.3) is 11.1 Å². The Kier molecular flexibility index (Phi) is 2.56. The SMILES string of the molecule is C#Cc1ccc(-c2ccc(C)cc2)cc1. The predicted octanol–water partition coefficient (Wildman–Crippen LogP) is 3.64. The van der Waals surface area contributed by atoms with Gasteiger partial charge in [0.2, 0.25) is 0 Å². The van der Waals surface area contributed by atoms with Gasteiger partial charge in [0.25, 0.3) is 0 Å². The monoisotopic (exact) mass is 192 g/mol. The van der Waals surface area contributed by atoms with E-state index in [9.17, 15) is 0 Å². The molecule has 0 aliphatic rings. The van der Waals surface area contributed by atoms with Gasteiger partial charge in [0, 0.05) is 5.56 Å². The molecule has 0 heterocycles. The topological polar surface area (TPSA) is 0 Å². The van der Waals surface area contributed by atoms with Crippen LogP contribution in [0.15, 0.2) is 48.5 Å². The Balaban J connectivity index is 2.38. The Morgan fingerprint density at radius 3 is 1.73 bits per heavy atom. The third kappa shape index (κ3) is 2.08. The van der Waals surface area contributed by atoms with E-state index in [-0.39, 0.29) is 0 Å². The molecule has 0 nitrogen and oxygen atoms in total. The van der Waals surface area contributed by atoms with Gasteiger partial charge in [-0.25, -0.2) is 0 Å².